The van der Waals surface area contributed by atoms with Crippen LogP contribution in [-0.4, -0.2) is 17.6 Å². The van der Waals surface area contributed by atoms with Gasteiger partial charge in [0.05, 0.1) is 6.61 Å². The number of nitrogens with zero attached hydrogens (tertiary/aromatic N) is 1. The van der Waals surface area contributed by atoms with Crippen LogP contribution >= 0.6 is 0 Å². The van der Waals surface area contributed by atoms with E-state index >= 15 is 0 Å². The molecule has 0 unspecified atom stereocenters. The van der Waals surface area contributed by atoms with Crippen LogP contribution < -0.4 is 61.2 Å². The Kier molecular flexibility index (Phi) is 8.91. The van der Waals surface area contributed by atoms with Crippen molar-refractivity contribution in [1.29, 1.82) is 0 Å². The number of aromatic nitrogens is 1. The van der Waals surface area contributed by atoms with Crippen LogP contribution in [0.5, 0.6) is 5.75 Å². The van der Waals surface area contributed by atoms with Gasteiger partial charge in [-0.15, -0.1) is 0 Å². The molecule has 3 aromatic carbocycles. The molecule has 160 valence electrons. The van der Waals surface area contributed by atoms with Crippen LogP contribution in [0.15, 0.2) is 59.0 Å². The van der Waals surface area contributed by atoms with Gasteiger partial charge in [0.25, 0.3) is 0 Å². The van der Waals surface area contributed by atoms with Crippen LogP contribution in [0, 0.1) is 0 Å². The summed E-state index contributed by atoms with van der Waals surface area (Å²) in [7, 11) is 0. The molecule has 6 heteroatoms. The largest absolute Gasteiger partial charge is 1.00 e. The first-order valence-electron chi connectivity index (χ1n) is 10.8. The van der Waals surface area contributed by atoms with Gasteiger partial charge in [-0.1, -0.05) is 32.0 Å². The van der Waals surface area contributed by atoms with Crippen molar-refractivity contribution in [2.75, 3.05) is 6.61 Å². The molecule has 0 aliphatic rings. The van der Waals surface area contributed by atoms with Gasteiger partial charge in [-0.2, -0.15) is 0 Å². The molecule has 0 amide bonds. The molecule has 0 aliphatic carbocycles. The Balaban J connectivity index is 0.00000289. The maximum absolute atomic E-state index is 10.4. The SMILES string of the molecule is CC(C)c1ccc2nc(-c3ccc4cc(OCCCCCC(=O)[O-])ccc4c3)oc2c1.[K+]. The maximum atomic E-state index is 10.4. The average Bonchev–Trinajstić information content (AvgIpc) is 3.19. The third-order valence-corrected chi connectivity index (χ3v) is 5.43. The third kappa shape index (κ3) is 6.20. The number of hydrogen-bond acceptors (Lipinski definition) is 5. The summed E-state index contributed by atoms with van der Waals surface area (Å²) in [5.41, 5.74) is 3.85. The van der Waals surface area contributed by atoms with Gasteiger partial charge >= 0.3 is 51.4 Å². The van der Waals surface area contributed by atoms with Crippen molar-refractivity contribution in [3.63, 3.8) is 0 Å². The number of benzene rings is 3. The van der Waals surface area contributed by atoms with Crippen LogP contribution in [0.1, 0.15) is 51.0 Å². The monoisotopic (exact) mass is 455 g/mol. The second-order valence-corrected chi connectivity index (χ2v) is 8.16. The number of unbranched alkanes of at least 4 members (excludes halogenated alkanes) is 2. The fourth-order valence-corrected chi connectivity index (χ4v) is 3.61. The second-order valence-electron chi connectivity index (χ2n) is 8.16. The average molecular weight is 456 g/mol. The molecule has 1 aromatic heterocycles. The van der Waals surface area contributed by atoms with E-state index in [1.54, 1.807) is 0 Å². The molecule has 4 aromatic rings. The van der Waals surface area contributed by atoms with E-state index in [9.17, 15) is 9.90 Å². The van der Waals surface area contributed by atoms with Crippen molar-refractivity contribution < 1.29 is 70.4 Å². The van der Waals surface area contributed by atoms with Crippen molar-refractivity contribution >= 4 is 27.8 Å². The summed E-state index contributed by atoms with van der Waals surface area (Å²) in [6, 6.07) is 18.3. The third-order valence-electron chi connectivity index (χ3n) is 5.43. The van der Waals surface area contributed by atoms with E-state index in [-0.39, 0.29) is 57.8 Å². The number of aliphatic carboxylic acids is 1. The molecule has 0 fully saturated rings. The molecule has 5 nitrogen and oxygen atoms in total. The topological polar surface area (TPSA) is 75.4 Å². The summed E-state index contributed by atoms with van der Waals surface area (Å²) in [4.78, 5) is 15.1. The van der Waals surface area contributed by atoms with E-state index in [0.29, 0.717) is 24.8 Å². The Morgan fingerprint density at radius 1 is 1.00 bits per heavy atom. The van der Waals surface area contributed by atoms with Gasteiger partial charge in [-0.3, -0.25) is 0 Å². The summed E-state index contributed by atoms with van der Waals surface area (Å²) in [6.45, 7) is 4.89. The molecule has 0 spiro atoms. The number of hydrogen-bond donors (Lipinski definition) is 0. The van der Waals surface area contributed by atoms with Crippen LogP contribution in [0.4, 0.5) is 0 Å². The minimum atomic E-state index is -0.993. The Bertz CT molecular complexity index is 1220. The minimum Gasteiger partial charge on any atom is -0.550 e. The molecule has 4 rings (SSSR count). The molecule has 32 heavy (non-hydrogen) atoms. The Labute approximate surface area is 230 Å². The predicted molar refractivity (Wildman–Crippen MR) is 120 cm³/mol. The zero-order valence-corrected chi connectivity index (χ0v) is 22.0. The number of rotatable bonds is 9. The molecule has 1 heterocycles. The number of carboxylic acid groups (broad SMARTS) is 1. The Morgan fingerprint density at radius 3 is 2.56 bits per heavy atom. The first kappa shape index (κ1) is 24.9. The van der Waals surface area contributed by atoms with Crippen LogP contribution in [0.3, 0.4) is 0 Å². The summed E-state index contributed by atoms with van der Waals surface area (Å²) in [5, 5.41) is 12.6. The molecule has 0 bridgehead atoms. The molecule has 0 N–H and O–H groups in total. The predicted octanol–water partition coefficient (Wildman–Crippen LogP) is 2.46. The van der Waals surface area contributed by atoms with Crippen molar-refractivity contribution in [1.82, 2.24) is 4.98 Å². The number of carbonyl (C=O) groups is 1. The van der Waals surface area contributed by atoms with E-state index < -0.39 is 5.97 Å². The molecule has 0 radical (unpaired) electrons. The van der Waals surface area contributed by atoms with Gasteiger partial charge in [-0.05, 0) is 84.3 Å². The van der Waals surface area contributed by atoms with E-state index in [1.807, 2.05) is 36.4 Å². The smallest absolute Gasteiger partial charge is 0.550 e. The Hall–Kier alpha value is -1.70. The zero-order chi connectivity index (χ0) is 21.8. The first-order valence-corrected chi connectivity index (χ1v) is 10.8. The van der Waals surface area contributed by atoms with E-state index in [2.05, 4.69) is 37.0 Å². The van der Waals surface area contributed by atoms with E-state index in [4.69, 9.17) is 9.15 Å². The van der Waals surface area contributed by atoms with Gasteiger partial charge in [0.1, 0.15) is 11.3 Å². The van der Waals surface area contributed by atoms with Gasteiger partial charge < -0.3 is 19.1 Å². The van der Waals surface area contributed by atoms with Gasteiger partial charge in [-0.25, -0.2) is 4.98 Å². The van der Waals surface area contributed by atoms with Crippen molar-refractivity contribution in [3.8, 4) is 17.2 Å². The van der Waals surface area contributed by atoms with Crippen molar-refractivity contribution in [3.05, 3.63) is 60.2 Å². The fourth-order valence-electron chi connectivity index (χ4n) is 3.61. The van der Waals surface area contributed by atoms with Gasteiger partial charge in [0.2, 0.25) is 5.89 Å². The summed E-state index contributed by atoms with van der Waals surface area (Å²) in [6.07, 6.45) is 2.37. The summed E-state index contributed by atoms with van der Waals surface area (Å²) in [5.74, 6) is 0.878. The fraction of sp³-hybridized carbons (Fsp3) is 0.308. The van der Waals surface area contributed by atoms with Crippen LogP contribution in [-0.2, 0) is 4.79 Å². The van der Waals surface area contributed by atoms with Gasteiger partial charge in [0, 0.05) is 11.5 Å². The summed E-state index contributed by atoms with van der Waals surface area (Å²) < 4.78 is 11.9. The number of oxazole rings is 1. The molecular formula is C26H26KNO4. The Morgan fingerprint density at radius 2 is 1.78 bits per heavy atom. The number of fused-ring (bicyclic) bond motifs is 2. The van der Waals surface area contributed by atoms with Crippen LogP contribution in [0.2, 0.25) is 0 Å². The minimum absolute atomic E-state index is 0. The van der Waals surface area contributed by atoms with E-state index in [0.717, 1.165) is 46.0 Å². The van der Waals surface area contributed by atoms with Crippen molar-refractivity contribution in [2.45, 2.75) is 45.4 Å². The van der Waals surface area contributed by atoms with Crippen LogP contribution in [0.25, 0.3) is 33.3 Å². The normalized spacial score (nSPS) is 11.1. The quantitative estimate of drug-likeness (QED) is 0.286. The molecule has 0 saturated carbocycles. The number of carboxylic acids is 1. The zero-order valence-electron chi connectivity index (χ0n) is 18.9. The maximum Gasteiger partial charge on any atom is 1.00 e. The van der Waals surface area contributed by atoms with Crippen molar-refractivity contribution in [2.24, 2.45) is 0 Å². The summed E-state index contributed by atoms with van der Waals surface area (Å²) >= 11 is 0. The molecular weight excluding hydrogens is 429 g/mol. The van der Waals surface area contributed by atoms with Gasteiger partial charge in [0.15, 0.2) is 5.58 Å². The standard InChI is InChI=1S/C26H27NO4.K/c1-17(2)18-10-12-23-24(16-18)31-26(27-23)21-8-7-20-15-22(11-9-19(20)14-21)30-13-5-3-4-6-25(28)29;/h7-12,14-17H,3-6,13H2,1-2H3,(H,28,29);/q;+1/p-1. The second kappa shape index (κ2) is 11.4. The molecule has 0 saturated heterocycles. The first-order chi connectivity index (χ1) is 15.0. The van der Waals surface area contributed by atoms with E-state index in [1.165, 1.54) is 5.56 Å². The number of ether oxygens (including phenoxy) is 1. The molecule has 0 aliphatic heterocycles. The number of carbonyl (C=O) groups excluding carboxylic acids is 1. The molecule has 0 atom stereocenters.